The molecular formula is C22H25N3O4S. The average molecular weight is 428 g/mol. The van der Waals surface area contributed by atoms with E-state index in [-0.39, 0.29) is 30.3 Å². The van der Waals surface area contributed by atoms with Crippen molar-refractivity contribution < 1.29 is 19.1 Å². The third-order valence-electron chi connectivity index (χ3n) is 5.44. The summed E-state index contributed by atoms with van der Waals surface area (Å²) in [6.45, 7) is 0.0142. The topological polar surface area (TPSA) is 71.4 Å². The van der Waals surface area contributed by atoms with Crippen molar-refractivity contribution in [3.63, 3.8) is 0 Å². The first-order valence-electron chi connectivity index (χ1n) is 9.92. The molecule has 0 bridgehead atoms. The molecule has 1 aliphatic heterocycles. The van der Waals surface area contributed by atoms with Crippen LogP contribution in [0.1, 0.15) is 35.7 Å². The van der Waals surface area contributed by atoms with Gasteiger partial charge in [0.15, 0.2) is 11.5 Å². The lowest BCUT2D eigenvalue weighted by Gasteiger charge is -2.25. The Hall–Kier alpha value is -2.87. The van der Waals surface area contributed by atoms with Gasteiger partial charge in [-0.2, -0.15) is 5.10 Å². The van der Waals surface area contributed by atoms with E-state index in [2.05, 4.69) is 5.10 Å². The first-order chi connectivity index (χ1) is 14.5. The Kier molecular flexibility index (Phi) is 5.76. The fraction of sp³-hybridized carbons (Fsp3) is 0.409. The predicted octanol–water partition coefficient (Wildman–Crippen LogP) is 3.31. The number of rotatable bonds is 7. The summed E-state index contributed by atoms with van der Waals surface area (Å²) in [6, 6.07) is 9.36. The Morgan fingerprint density at radius 2 is 1.97 bits per heavy atom. The number of carbonyl (C=O) groups excluding carboxylic acids is 2. The average Bonchev–Trinajstić information content (AvgIpc) is 3.27. The van der Waals surface area contributed by atoms with Gasteiger partial charge in [0.1, 0.15) is 6.54 Å². The Morgan fingerprint density at radius 3 is 2.60 bits per heavy atom. The summed E-state index contributed by atoms with van der Waals surface area (Å²) in [5, 5.41) is 8.18. The van der Waals surface area contributed by atoms with Crippen LogP contribution in [-0.2, 0) is 9.59 Å². The number of carbonyl (C=O) groups is 2. The van der Waals surface area contributed by atoms with Crippen molar-refractivity contribution >= 4 is 28.9 Å². The highest BCUT2D eigenvalue weighted by atomic mass is 32.1. The fourth-order valence-electron chi connectivity index (χ4n) is 3.65. The third-order valence-corrected chi connectivity index (χ3v) is 6.36. The van der Waals surface area contributed by atoms with E-state index in [0.717, 1.165) is 29.0 Å². The van der Waals surface area contributed by atoms with Gasteiger partial charge in [0.05, 0.1) is 30.9 Å². The van der Waals surface area contributed by atoms with Gasteiger partial charge in [0.25, 0.3) is 5.91 Å². The van der Waals surface area contributed by atoms with Gasteiger partial charge in [-0.3, -0.25) is 9.59 Å². The highest BCUT2D eigenvalue weighted by Gasteiger charge is 2.37. The molecular weight excluding hydrogens is 402 g/mol. The number of hydrazone groups is 1. The SMILES string of the molecule is COc1ccc([C@H]2CC(c3cccs3)=NN2C(=O)CN(C)C(=O)C2CC2)cc1OC. The number of hydrogen-bond donors (Lipinski definition) is 0. The zero-order chi connectivity index (χ0) is 21.3. The lowest BCUT2D eigenvalue weighted by Crippen LogP contribution is -2.39. The van der Waals surface area contributed by atoms with Crippen LogP contribution >= 0.6 is 11.3 Å². The van der Waals surface area contributed by atoms with Crippen molar-refractivity contribution in [1.29, 1.82) is 0 Å². The molecule has 7 nitrogen and oxygen atoms in total. The van der Waals surface area contributed by atoms with E-state index in [1.54, 1.807) is 32.6 Å². The molecule has 0 unspecified atom stereocenters. The molecule has 1 atom stereocenters. The van der Waals surface area contributed by atoms with Gasteiger partial charge in [-0.25, -0.2) is 5.01 Å². The second-order valence-electron chi connectivity index (χ2n) is 7.57. The van der Waals surface area contributed by atoms with Crippen LogP contribution in [0.5, 0.6) is 11.5 Å². The molecule has 4 rings (SSSR count). The van der Waals surface area contributed by atoms with Crippen LogP contribution in [0.4, 0.5) is 0 Å². The zero-order valence-electron chi connectivity index (χ0n) is 17.3. The lowest BCUT2D eigenvalue weighted by molar-refractivity contribution is -0.141. The molecule has 158 valence electrons. The van der Waals surface area contributed by atoms with E-state index in [1.165, 1.54) is 9.91 Å². The molecule has 2 amide bonds. The maximum atomic E-state index is 13.2. The molecule has 0 spiro atoms. The number of nitrogens with zero attached hydrogens (tertiary/aromatic N) is 3. The number of amides is 2. The molecule has 30 heavy (non-hydrogen) atoms. The van der Waals surface area contributed by atoms with Gasteiger partial charge in [-0.05, 0) is 42.0 Å². The van der Waals surface area contributed by atoms with Crippen molar-refractivity contribution in [3.05, 3.63) is 46.2 Å². The van der Waals surface area contributed by atoms with E-state index in [9.17, 15) is 9.59 Å². The van der Waals surface area contributed by atoms with Crippen LogP contribution in [0.3, 0.4) is 0 Å². The number of hydrogen-bond acceptors (Lipinski definition) is 6. The van der Waals surface area contributed by atoms with Crippen LogP contribution in [-0.4, -0.2) is 55.2 Å². The van der Waals surface area contributed by atoms with E-state index < -0.39 is 0 Å². The number of likely N-dealkylation sites (N-methyl/N-ethyl adjacent to an activating group) is 1. The number of ether oxygens (including phenoxy) is 2. The molecule has 1 saturated carbocycles. The quantitative estimate of drug-likeness (QED) is 0.680. The van der Waals surface area contributed by atoms with Crippen molar-refractivity contribution in [2.45, 2.75) is 25.3 Å². The van der Waals surface area contributed by atoms with Crippen LogP contribution in [0.15, 0.2) is 40.8 Å². The summed E-state index contributed by atoms with van der Waals surface area (Å²) >= 11 is 1.60. The number of thiophene rings is 1. The van der Waals surface area contributed by atoms with Crippen LogP contribution < -0.4 is 9.47 Å². The van der Waals surface area contributed by atoms with Crippen molar-refractivity contribution in [2.24, 2.45) is 11.0 Å². The molecule has 0 radical (unpaired) electrons. The van der Waals surface area contributed by atoms with E-state index in [4.69, 9.17) is 9.47 Å². The summed E-state index contributed by atoms with van der Waals surface area (Å²) in [5.74, 6) is 1.15. The van der Waals surface area contributed by atoms with Crippen molar-refractivity contribution in [2.75, 3.05) is 27.8 Å². The molecule has 0 N–H and O–H groups in total. The van der Waals surface area contributed by atoms with Gasteiger partial charge in [0, 0.05) is 19.4 Å². The Bertz CT molecular complexity index is 969. The summed E-state index contributed by atoms with van der Waals surface area (Å²) in [4.78, 5) is 28.0. The molecule has 2 aromatic rings. The van der Waals surface area contributed by atoms with Crippen LogP contribution in [0.2, 0.25) is 0 Å². The highest BCUT2D eigenvalue weighted by molar-refractivity contribution is 7.12. The smallest absolute Gasteiger partial charge is 0.262 e. The maximum Gasteiger partial charge on any atom is 0.262 e. The van der Waals surface area contributed by atoms with Crippen molar-refractivity contribution in [1.82, 2.24) is 9.91 Å². The second-order valence-corrected chi connectivity index (χ2v) is 8.51. The van der Waals surface area contributed by atoms with Crippen molar-refractivity contribution in [3.8, 4) is 11.5 Å². The summed E-state index contributed by atoms with van der Waals surface area (Å²) in [6.07, 6.45) is 2.42. The van der Waals surface area contributed by atoms with Crippen LogP contribution in [0, 0.1) is 5.92 Å². The van der Waals surface area contributed by atoms with E-state index in [0.29, 0.717) is 17.9 Å². The highest BCUT2D eigenvalue weighted by Crippen LogP contribution is 2.38. The van der Waals surface area contributed by atoms with Gasteiger partial charge in [-0.1, -0.05) is 12.1 Å². The first-order valence-corrected chi connectivity index (χ1v) is 10.8. The van der Waals surface area contributed by atoms with Gasteiger partial charge >= 0.3 is 0 Å². The minimum absolute atomic E-state index is 0.0142. The first kappa shape index (κ1) is 20.4. The number of benzene rings is 1. The molecule has 1 aliphatic carbocycles. The normalized spacial score (nSPS) is 18.2. The van der Waals surface area contributed by atoms with Gasteiger partial charge < -0.3 is 14.4 Å². The Labute approximate surface area is 179 Å². The predicted molar refractivity (Wildman–Crippen MR) is 115 cm³/mol. The zero-order valence-corrected chi connectivity index (χ0v) is 18.1. The monoisotopic (exact) mass is 427 g/mol. The van der Waals surface area contributed by atoms with E-state index >= 15 is 0 Å². The summed E-state index contributed by atoms with van der Waals surface area (Å²) < 4.78 is 10.8. The largest absolute Gasteiger partial charge is 0.493 e. The molecule has 8 heteroatoms. The van der Waals surface area contributed by atoms with Crippen LogP contribution in [0.25, 0.3) is 0 Å². The fourth-order valence-corrected chi connectivity index (χ4v) is 4.37. The minimum Gasteiger partial charge on any atom is -0.493 e. The molecule has 0 saturated heterocycles. The molecule has 2 aliphatic rings. The summed E-state index contributed by atoms with van der Waals surface area (Å²) in [5.41, 5.74) is 1.78. The molecule has 1 aromatic heterocycles. The maximum absolute atomic E-state index is 13.2. The third kappa shape index (κ3) is 4.05. The molecule has 1 aromatic carbocycles. The van der Waals surface area contributed by atoms with Gasteiger partial charge in [-0.15, -0.1) is 11.3 Å². The number of methoxy groups -OCH3 is 2. The standard InChI is InChI=1S/C22H25N3O4S/c1-24(22(27)14-6-7-14)13-21(26)25-17(12-16(23-25)20-5-4-10-30-20)15-8-9-18(28-2)19(11-15)29-3/h4-5,8-11,14,17H,6-7,12-13H2,1-3H3/t17-/m1/s1. The second kappa shape index (κ2) is 8.47. The Balaban J connectivity index is 1.61. The Morgan fingerprint density at radius 1 is 1.20 bits per heavy atom. The van der Waals surface area contributed by atoms with E-state index in [1.807, 2.05) is 35.7 Å². The lowest BCUT2D eigenvalue weighted by atomic mass is 10.0. The summed E-state index contributed by atoms with van der Waals surface area (Å²) in [7, 11) is 4.86. The molecule has 1 fully saturated rings. The molecule has 2 heterocycles. The van der Waals surface area contributed by atoms with Gasteiger partial charge in [0.2, 0.25) is 5.91 Å². The minimum atomic E-state index is -0.265.